The van der Waals surface area contributed by atoms with E-state index in [1.807, 2.05) is 42.5 Å². The van der Waals surface area contributed by atoms with Gasteiger partial charge in [-0.1, -0.05) is 72.8 Å². The van der Waals surface area contributed by atoms with Gasteiger partial charge in [-0.2, -0.15) is 0 Å². The molecule has 232 valence electrons. The van der Waals surface area contributed by atoms with Crippen molar-refractivity contribution in [1.29, 1.82) is 0 Å². The van der Waals surface area contributed by atoms with E-state index in [1.165, 1.54) is 10.8 Å². The minimum Gasteiger partial charge on any atom is -0.456 e. The highest BCUT2D eigenvalue weighted by atomic mass is 16.3. The van der Waals surface area contributed by atoms with Crippen LogP contribution in [0.3, 0.4) is 0 Å². The Morgan fingerprint density at radius 2 is 0.680 bits per heavy atom. The van der Waals surface area contributed by atoms with Crippen LogP contribution in [-0.2, 0) is 0 Å². The summed E-state index contributed by atoms with van der Waals surface area (Å²) in [5.74, 6) is 0. The number of fused-ring (bicyclic) bond motifs is 14. The summed E-state index contributed by atoms with van der Waals surface area (Å²) in [6.07, 6.45) is 0. The largest absolute Gasteiger partial charge is 0.456 e. The standard InChI is InChI=1S/C46H24O4/c1-3-7-37-31(5-1)34-23-35-33-21-28(13-15-39(33)50-44(35)24-43(34)49-37)26-11-9-25-10-12-27(20-30(25)19-26)29-14-16-40-36(22-29)46-42(48-40)18-17-41-45(46)32-6-2-4-8-38(32)47-41/h1-24H. The van der Waals surface area contributed by atoms with Crippen molar-refractivity contribution >= 4 is 98.5 Å². The lowest BCUT2D eigenvalue weighted by Crippen LogP contribution is -1.82. The molecule has 0 radical (unpaired) electrons. The lowest BCUT2D eigenvalue weighted by atomic mass is 9.96. The molecule has 0 fully saturated rings. The molecule has 12 rings (SSSR count). The van der Waals surface area contributed by atoms with Gasteiger partial charge in [-0.15, -0.1) is 0 Å². The Bertz CT molecular complexity index is 3380. The van der Waals surface area contributed by atoms with E-state index >= 15 is 0 Å². The minimum atomic E-state index is 0.830. The van der Waals surface area contributed by atoms with Crippen molar-refractivity contribution in [2.45, 2.75) is 0 Å². The highest BCUT2D eigenvalue weighted by Crippen LogP contribution is 2.42. The fourth-order valence-corrected chi connectivity index (χ4v) is 8.04. The fourth-order valence-electron chi connectivity index (χ4n) is 8.04. The molecule has 4 aromatic heterocycles. The van der Waals surface area contributed by atoms with Gasteiger partial charge in [0, 0.05) is 49.2 Å². The van der Waals surface area contributed by atoms with Crippen molar-refractivity contribution in [1.82, 2.24) is 0 Å². The lowest BCUT2D eigenvalue weighted by Gasteiger charge is -2.08. The van der Waals surface area contributed by atoms with Crippen LogP contribution in [0.4, 0.5) is 0 Å². The third kappa shape index (κ3) is 3.59. The van der Waals surface area contributed by atoms with Crippen molar-refractivity contribution < 1.29 is 17.7 Å². The number of rotatable bonds is 2. The van der Waals surface area contributed by atoms with Crippen molar-refractivity contribution in [2.75, 3.05) is 0 Å². The predicted molar refractivity (Wildman–Crippen MR) is 204 cm³/mol. The molecule has 4 nitrogen and oxygen atoms in total. The van der Waals surface area contributed by atoms with E-state index < -0.39 is 0 Å². The van der Waals surface area contributed by atoms with Crippen LogP contribution >= 0.6 is 0 Å². The van der Waals surface area contributed by atoms with Crippen LogP contribution in [-0.4, -0.2) is 0 Å². The molecular weight excluding hydrogens is 617 g/mol. The van der Waals surface area contributed by atoms with Gasteiger partial charge in [0.05, 0.1) is 0 Å². The number of hydrogen-bond acceptors (Lipinski definition) is 4. The summed E-state index contributed by atoms with van der Waals surface area (Å²) >= 11 is 0. The molecule has 8 aromatic carbocycles. The molecule has 4 heteroatoms. The zero-order valence-corrected chi connectivity index (χ0v) is 26.5. The van der Waals surface area contributed by atoms with Crippen LogP contribution in [0.15, 0.2) is 163 Å². The third-order valence-corrected chi connectivity index (χ3v) is 10.4. The summed E-state index contributed by atoms with van der Waals surface area (Å²) in [6, 6.07) is 51.0. The summed E-state index contributed by atoms with van der Waals surface area (Å²) in [5.41, 5.74) is 11.5. The highest BCUT2D eigenvalue weighted by Gasteiger charge is 2.18. The van der Waals surface area contributed by atoms with Crippen LogP contribution in [0.2, 0.25) is 0 Å². The summed E-state index contributed by atoms with van der Waals surface area (Å²) in [5, 5.41) is 11.2. The second-order valence-corrected chi connectivity index (χ2v) is 13.3. The smallest absolute Gasteiger partial charge is 0.139 e. The quantitative estimate of drug-likeness (QED) is 0.189. The van der Waals surface area contributed by atoms with Gasteiger partial charge in [0.1, 0.15) is 44.7 Å². The van der Waals surface area contributed by atoms with Crippen molar-refractivity contribution in [2.24, 2.45) is 0 Å². The number of hydrogen-bond donors (Lipinski definition) is 0. The lowest BCUT2D eigenvalue weighted by molar-refractivity contribution is 0.656. The summed E-state index contributed by atoms with van der Waals surface area (Å²) < 4.78 is 25.0. The zero-order chi connectivity index (χ0) is 32.5. The Labute approximate surface area is 283 Å². The predicted octanol–water partition coefficient (Wildman–Crippen LogP) is 13.8. The maximum absolute atomic E-state index is 6.34. The molecule has 0 aliphatic rings. The molecule has 0 N–H and O–H groups in total. The fraction of sp³-hybridized carbons (Fsp3) is 0. The number of para-hydroxylation sites is 2. The van der Waals surface area contributed by atoms with Gasteiger partial charge in [0.2, 0.25) is 0 Å². The SMILES string of the molecule is c1ccc2c(c1)oc1cc3oc4ccc(-c5ccc6ccc(-c7ccc8oc9ccc%10oc%11ccccc%11c%10c9c8c7)cc6c5)cc4c3cc12. The van der Waals surface area contributed by atoms with Crippen LogP contribution in [0, 0.1) is 0 Å². The van der Waals surface area contributed by atoms with Crippen LogP contribution in [0.1, 0.15) is 0 Å². The van der Waals surface area contributed by atoms with Crippen molar-refractivity contribution in [3.8, 4) is 22.3 Å². The Morgan fingerprint density at radius 3 is 1.38 bits per heavy atom. The van der Waals surface area contributed by atoms with E-state index in [2.05, 4.69) is 103 Å². The van der Waals surface area contributed by atoms with Crippen LogP contribution in [0.25, 0.3) is 121 Å². The average Bonchev–Trinajstić information content (AvgIpc) is 3.92. The topological polar surface area (TPSA) is 52.6 Å². The molecule has 4 heterocycles. The van der Waals surface area contributed by atoms with Gasteiger partial charge in [0.25, 0.3) is 0 Å². The third-order valence-electron chi connectivity index (χ3n) is 10.4. The van der Waals surface area contributed by atoms with Gasteiger partial charge >= 0.3 is 0 Å². The maximum atomic E-state index is 6.34. The summed E-state index contributed by atoms with van der Waals surface area (Å²) in [7, 11) is 0. The Hall–Kier alpha value is -6.78. The van der Waals surface area contributed by atoms with Gasteiger partial charge < -0.3 is 17.7 Å². The number of furan rings is 4. The van der Waals surface area contributed by atoms with Gasteiger partial charge in [-0.25, -0.2) is 0 Å². The molecule has 0 atom stereocenters. The molecule has 0 aliphatic carbocycles. The zero-order valence-electron chi connectivity index (χ0n) is 26.5. The average molecular weight is 641 g/mol. The minimum absolute atomic E-state index is 0.830. The molecule has 0 unspecified atom stereocenters. The maximum Gasteiger partial charge on any atom is 0.139 e. The number of benzene rings is 8. The van der Waals surface area contributed by atoms with Crippen LogP contribution < -0.4 is 0 Å². The second-order valence-electron chi connectivity index (χ2n) is 13.3. The van der Waals surface area contributed by atoms with Crippen molar-refractivity contribution in [3.05, 3.63) is 146 Å². The van der Waals surface area contributed by atoms with E-state index in [0.29, 0.717) is 0 Å². The van der Waals surface area contributed by atoms with Crippen molar-refractivity contribution in [3.63, 3.8) is 0 Å². The highest BCUT2D eigenvalue weighted by molar-refractivity contribution is 6.26. The molecule has 0 aliphatic heterocycles. The van der Waals surface area contributed by atoms with Crippen LogP contribution in [0.5, 0.6) is 0 Å². The normalized spacial score (nSPS) is 12.4. The van der Waals surface area contributed by atoms with E-state index in [9.17, 15) is 0 Å². The van der Waals surface area contributed by atoms with E-state index in [-0.39, 0.29) is 0 Å². The first kappa shape index (κ1) is 26.2. The molecular formula is C46H24O4. The van der Waals surface area contributed by atoms with E-state index in [1.54, 1.807) is 0 Å². The first-order valence-corrected chi connectivity index (χ1v) is 16.8. The summed E-state index contributed by atoms with van der Waals surface area (Å²) in [6.45, 7) is 0. The van der Waals surface area contributed by atoms with E-state index in [0.717, 1.165) is 110 Å². The van der Waals surface area contributed by atoms with Gasteiger partial charge in [-0.05, 0) is 99.8 Å². The monoisotopic (exact) mass is 640 g/mol. The molecule has 0 amide bonds. The van der Waals surface area contributed by atoms with E-state index in [4.69, 9.17) is 17.7 Å². The first-order valence-electron chi connectivity index (χ1n) is 16.8. The molecule has 0 spiro atoms. The molecule has 0 bridgehead atoms. The summed E-state index contributed by atoms with van der Waals surface area (Å²) in [4.78, 5) is 0. The molecule has 50 heavy (non-hydrogen) atoms. The Morgan fingerprint density at radius 1 is 0.240 bits per heavy atom. The Balaban J connectivity index is 0.990. The van der Waals surface area contributed by atoms with Gasteiger partial charge in [0.15, 0.2) is 0 Å². The first-order chi connectivity index (χ1) is 24.7. The molecule has 12 aromatic rings. The Kier molecular flexibility index (Phi) is 4.94. The second kappa shape index (κ2) is 9.43. The molecule has 0 saturated heterocycles. The van der Waals surface area contributed by atoms with Gasteiger partial charge in [-0.3, -0.25) is 0 Å². The molecule has 0 saturated carbocycles.